The largest absolute Gasteiger partial charge is 0.465 e. The zero-order chi connectivity index (χ0) is 38.0. The fourth-order valence-corrected chi connectivity index (χ4v) is 6.74. The molecule has 54 heavy (non-hydrogen) atoms. The molecular formula is C40H30N6O6S2. The molecule has 0 radical (unpaired) electrons. The molecule has 0 aliphatic carbocycles. The van der Waals surface area contributed by atoms with E-state index in [4.69, 9.17) is 19.4 Å². The van der Waals surface area contributed by atoms with Crippen LogP contribution in [0.25, 0.3) is 66.1 Å². The minimum Gasteiger partial charge on any atom is -0.465 e. The molecule has 4 heterocycles. The predicted octanol–water partition coefficient (Wildman–Crippen LogP) is 7.39. The first-order valence-electron chi connectivity index (χ1n) is 16.3. The van der Waals surface area contributed by atoms with Gasteiger partial charge in [-0.2, -0.15) is 0 Å². The number of pyridine rings is 2. The van der Waals surface area contributed by atoms with Crippen molar-refractivity contribution in [3.05, 3.63) is 121 Å². The van der Waals surface area contributed by atoms with Gasteiger partial charge < -0.3 is 9.47 Å². The highest BCUT2D eigenvalue weighted by atomic mass is 32.2. The number of fused-ring (bicyclic) bond motifs is 6. The molecule has 4 aromatic carbocycles. The summed E-state index contributed by atoms with van der Waals surface area (Å²) in [7, 11) is -0.895. The first kappa shape index (κ1) is 36.0. The van der Waals surface area contributed by atoms with Gasteiger partial charge in [0, 0.05) is 51.3 Å². The minimum absolute atomic E-state index is 0.260. The van der Waals surface area contributed by atoms with Crippen LogP contribution in [0.5, 0.6) is 0 Å². The quantitative estimate of drug-likeness (QED) is 0.0715. The highest BCUT2D eigenvalue weighted by molar-refractivity contribution is 7.98. The number of benzene rings is 4. The molecule has 12 nitrogen and oxygen atoms in total. The Balaban J connectivity index is 0.000000167. The van der Waals surface area contributed by atoms with Crippen molar-refractivity contribution >= 4 is 77.1 Å². The zero-order valence-electron chi connectivity index (χ0n) is 29.3. The second kappa shape index (κ2) is 14.9. The number of thioether (sulfide) groups is 1. The molecule has 0 unspecified atom stereocenters. The fraction of sp³-hybridized carbons (Fsp3) is 0.100. The number of ether oxygens (including phenoxy) is 2. The van der Waals surface area contributed by atoms with Gasteiger partial charge in [0.15, 0.2) is 5.16 Å². The lowest BCUT2D eigenvalue weighted by molar-refractivity contribution is 0.0592. The summed E-state index contributed by atoms with van der Waals surface area (Å²) in [6.07, 6.45) is 6.31. The van der Waals surface area contributed by atoms with Crippen molar-refractivity contribution in [2.75, 3.05) is 26.7 Å². The van der Waals surface area contributed by atoms with Crippen LogP contribution in [0.15, 0.2) is 120 Å². The van der Waals surface area contributed by atoms with Gasteiger partial charge in [0.05, 0.1) is 47.8 Å². The first-order valence-corrected chi connectivity index (χ1v) is 19.4. The van der Waals surface area contributed by atoms with E-state index in [1.807, 2.05) is 79.2 Å². The lowest BCUT2D eigenvalue weighted by atomic mass is 10.0. The molecule has 8 rings (SSSR count). The third-order valence-electron chi connectivity index (χ3n) is 8.47. The average molecular weight is 755 g/mol. The van der Waals surface area contributed by atoms with Crippen molar-refractivity contribution < 1.29 is 27.5 Å². The number of hydrogen-bond acceptors (Lipinski definition) is 13. The minimum atomic E-state index is -3.58. The lowest BCUT2D eigenvalue weighted by Gasteiger charge is -2.11. The van der Waals surface area contributed by atoms with Gasteiger partial charge in [0.25, 0.3) is 0 Å². The number of aromatic nitrogens is 6. The number of esters is 2. The molecule has 0 saturated heterocycles. The number of hydrogen-bond donors (Lipinski definition) is 0. The third-order valence-corrected chi connectivity index (χ3v) is 9.89. The molecule has 0 atom stereocenters. The predicted molar refractivity (Wildman–Crippen MR) is 208 cm³/mol. The van der Waals surface area contributed by atoms with Crippen LogP contribution < -0.4 is 0 Å². The Bertz CT molecular complexity index is 2860. The molecule has 0 spiro atoms. The summed E-state index contributed by atoms with van der Waals surface area (Å²) in [5.41, 5.74) is 6.36. The Kier molecular flexibility index (Phi) is 9.95. The average Bonchev–Trinajstić information content (AvgIpc) is 3.22. The first-order chi connectivity index (χ1) is 26.1. The summed E-state index contributed by atoms with van der Waals surface area (Å²) in [5.74, 6) is -0.849. The van der Waals surface area contributed by atoms with E-state index in [-0.39, 0.29) is 11.1 Å². The molecule has 0 aliphatic heterocycles. The van der Waals surface area contributed by atoms with Crippen molar-refractivity contribution in [2.24, 2.45) is 0 Å². The fourth-order valence-electron chi connectivity index (χ4n) is 5.90. The van der Waals surface area contributed by atoms with Crippen LogP contribution in [0.1, 0.15) is 20.7 Å². The smallest absolute Gasteiger partial charge is 0.337 e. The lowest BCUT2D eigenvalue weighted by Crippen LogP contribution is -2.05. The van der Waals surface area contributed by atoms with Crippen LogP contribution >= 0.6 is 11.8 Å². The van der Waals surface area contributed by atoms with Crippen molar-refractivity contribution in [3.63, 3.8) is 0 Å². The van der Waals surface area contributed by atoms with Gasteiger partial charge in [0.1, 0.15) is 11.0 Å². The van der Waals surface area contributed by atoms with E-state index < -0.39 is 15.8 Å². The van der Waals surface area contributed by atoms with E-state index in [1.165, 1.54) is 32.2 Å². The molecule has 4 aromatic heterocycles. The summed E-state index contributed by atoms with van der Waals surface area (Å²) >= 11 is 1.49. The molecule has 0 bridgehead atoms. The maximum Gasteiger partial charge on any atom is 0.337 e. The van der Waals surface area contributed by atoms with Crippen LogP contribution in [0.2, 0.25) is 0 Å². The molecule has 0 amide bonds. The number of sulfone groups is 1. The van der Waals surface area contributed by atoms with Gasteiger partial charge in [-0.3, -0.25) is 0 Å². The molecule has 14 heteroatoms. The molecule has 0 saturated carbocycles. The van der Waals surface area contributed by atoms with Crippen molar-refractivity contribution in [1.29, 1.82) is 0 Å². The molecule has 0 aliphatic rings. The Labute approximate surface area is 313 Å². The van der Waals surface area contributed by atoms with Gasteiger partial charge in [-0.25, -0.2) is 47.9 Å². The third kappa shape index (κ3) is 7.04. The van der Waals surface area contributed by atoms with E-state index in [9.17, 15) is 18.0 Å². The Morgan fingerprint density at radius 3 is 1.50 bits per heavy atom. The second-order valence-electron chi connectivity index (χ2n) is 11.9. The summed E-state index contributed by atoms with van der Waals surface area (Å²) in [6, 6.07) is 29.6. The number of carbonyl (C=O) groups is 2. The van der Waals surface area contributed by atoms with Crippen molar-refractivity contribution in [3.8, 4) is 22.5 Å². The summed E-state index contributed by atoms with van der Waals surface area (Å²) in [4.78, 5) is 50.7. The van der Waals surface area contributed by atoms with Crippen LogP contribution in [-0.2, 0) is 19.3 Å². The van der Waals surface area contributed by atoms with E-state index in [1.54, 1.807) is 30.3 Å². The molecule has 0 fully saturated rings. The maximum atomic E-state index is 11.9. The van der Waals surface area contributed by atoms with E-state index >= 15 is 0 Å². The monoisotopic (exact) mass is 754 g/mol. The molecule has 8 aromatic rings. The number of nitrogens with zero attached hydrogens (tertiary/aromatic N) is 6. The van der Waals surface area contributed by atoms with Crippen LogP contribution in [0.3, 0.4) is 0 Å². The Morgan fingerprint density at radius 2 is 1.06 bits per heavy atom. The molecular weight excluding hydrogens is 725 g/mol. The van der Waals surface area contributed by atoms with Gasteiger partial charge >= 0.3 is 11.9 Å². The van der Waals surface area contributed by atoms with Crippen molar-refractivity contribution in [2.45, 2.75) is 10.3 Å². The summed E-state index contributed by atoms with van der Waals surface area (Å²) in [6.45, 7) is 0. The normalized spacial score (nSPS) is 11.3. The van der Waals surface area contributed by atoms with Crippen LogP contribution in [0, 0.1) is 0 Å². The van der Waals surface area contributed by atoms with Gasteiger partial charge in [-0.05, 0) is 30.5 Å². The van der Waals surface area contributed by atoms with Crippen LogP contribution in [-0.4, -0.2) is 77.0 Å². The molecule has 0 N–H and O–H groups in total. The summed E-state index contributed by atoms with van der Waals surface area (Å²) < 4.78 is 33.5. The Morgan fingerprint density at radius 1 is 0.593 bits per heavy atom. The van der Waals surface area contributed by atoms with Gasteiger partial charge in [0.2, 0.25) is 15.0 Å². The zero-order valence-corrected chi connectivity index (χ0v) is 31.0. The van der Waals surface area contributed by atoms with E-state index in [0.717, 1.165) is 39.4 Å². The van der Waals surface area contributed by atoms with E-state index in [0.29, 0.717) is 49.3 Å². The standard InChI is InChI=1S/C20H15N3O4S.C20H15N3O2S/c1-27-19(24)13-8-9-14-15-11-21-20(28(2,25)26)23-18(15)17(22-16(14)10-13)12-6-4-3-5-7-12;1-25-19(24)13-8-9-14-15-11-21-20(26-2)23-18(15)17(22-16(14)10-13)12-6-4-3-5-7-12/h3-11H,1-2H3;3-11H,1-2H3. The highest BCUT2D eigenvalue weighted by Gasteiger charge is 2.19. The number of carbonyl (C=O) groups excluding carboxylic acids is 2. The molecule has 268 valence electrons. The Hall–Kier alpha value is -6.38. The van der Waals surface area contributed by atoms with E-state index in [2.05, 4.69) is 19.9 Å². The van der Waals surface area contributed by atoms with Gasteiger partial charge in [-0.1, -0.05) is 84.6 Å². The SMILES string of the molecule is COC(=O)c1ccc2c(c1)nc(-c1ccccc1)c1nc(S(C)(=O)=O)ncc12.COC(=O)c1ccc2c(c1)nc(-c1ccccc1)c1nc(SC)ncc12. The summed E-state index contributed by atoms with van der Waals surface area (Å²) in [5, 5.41) is 3.60. The van der Waals surface area contributed by atoms with Crippen LogP contribution in [0.4, 0.5) is 0 Å². The van der Waals surface area contributed by atoms with Gasteiger partial charge in [-0.15, -0.1) is 0 Å². The highest BCUT2D eigenvalue weighted by Crippen LogP contribution is 2.33. The topological polar surface area (TPSA) is 164 Å². The second-order valence-corrected chi connectivity index (χ2v) is 14.6. The maximum absolute atomic E-state index is 11.9. The van der Waals surface area contributed by atoms with Crippen molar-refractivity contribution in [1.82, 2.24) is 29.9 Å². The number of rotatable bonds is 6. The number of methoxy groups -OCH3 is 2.